The lowest BCUT2D eigenvalue weighted by molar-refractivity contribution is 0.0508. The fraction of sp³-hybridized carbons (Fsp3) is 0.625. The first kappa shape index (κ1) is 14.4. The molecule has 1 aliphatic carbocycles. The van der Waals surface area contributed by atoms with Crippen LogP contribution < -0.4 is 10.1 Å². The van der Waals surface area contributed by atoms with Gasteiger partial charge in [-0.25, -0.2) is 0 Å². The predicted octanol–water partition coefficient (Wildman–Crippen LogP) is 2.64. The van der Waals surface area contributed by atoms with Crippen LogP contribution in [0.25, 0.3) is 0 Å². The Labute approximate surface area is 116 Å². The van der Waals surface area contributed by atoms with Crippen molar-refractivity contribution in [3.05, 3.63) is 29.8 Å². The molecule has 2 atom stereocenters. The van der Waals surface area contributed by atoms with Gasteiger partial charge in [0.2, 0.25) is 0 Å². The molecule has 0 aliphatic heterocycles. The van der Waals surface area contributed by atoms with Gasteiger partial charge in [0, 0.05) is 13.2 Å². The molecule has 1 saturated carbocycles. The molecule has 1 aliphatic rings. The van der Waals surface area contributed by atoms with Gasteiger partial charge in [0.15, 0.2) is 0 Å². The molecule has 0 saturated heterocycles. The highest BCUT2D eigenvalue weighted by Gasteiger charge is 2.35. The summed E-state index contributed by atoms with van der Waals surface area (Å²) in [5.41, 5.74) is 1.35. The summed E-state index contributed by atoms with van der Waals surface area (Å²) < 4.78 is 10.8. The van der Waals surface area contributed by atoms with Crippen molar-refractivity contribution < 1.29 is 9.47 Å². The number of likely N-dealkylation sites (N-methyl/N-ethyl adjacent to an activating group) is 1. The standard InChI is InChI=1S/C16H25NO2/c1-17-15(16(19-3)13-7-8-13)11-6-12-4-9-14(18-2)10-5-12/h4-5,9-10,13,15-17H,6-8,11H2,1-3H3. The number of methoxy groups -OCH3 is 2. The van der Waals surface area contributed by atoms with E-state index in [0.717, 1.165) is 24.5 Å². The second-order valence-corrected chi connectivity index (χ2v) is 5.32. The number of hydrogen-bond acceptors (Lipinski definition) is 3. The molecule has 1 aromatic carbocycles. The topological polar surface area (TPSA) is 30.5 Å². The summed E-state index contributed by atoms with van der Waals surface area (Å²) in [5.74, 6) is 1.68. The lowest BCUT2D eigenvalue weighted by atomic mass is 9.98. The summed E-state index contributed by atoms with van der Waals surface area (Å²) in [4.78, 5) is 0. The van der Waals surface area contributed by atoms with Gasteiger partial charge in [-0.3, -0.25) is 0 Å². The third kappa shape index (κ3) is 3.95. The molecular weight excluding hydrogens is 238 g/mol. The van der Waals surface area contributed by atoms with Crippen LogP contribution in [0.1, 0.15) is 24.8 Å². The minimum Gasteiger partial charge on any atom is -0.497 e. The van der Waals surface area contributed by atoms with Crippen molar-refractivity contribution in [3.8, 4) is 5.75 Å². The van der Waals surface area contributed by atoms with Gasteiger partial charge in [-0.05, 0) is 56.3 Å². The molecule has 3 heteroatoms. The largest absolute Gasteiger partial charge is 0.497 e. The van der Waals surface area contributed by atoms with Gasteiger partial charge in [-0.1, -0.05) is 12.1 Å². The van der Waals surface area contributed by atoms with E-state index in [2.05, 4.69) is 17.4 Å². The van der Waals surface area contributed by atoms with Gasteiger partial charge in [0.25, 0.3) is 0 Å². The molecular formula is C16H25NO2. The Morgan fingerprint density at radius 2 is 1.89 bits per heavy atom. The van der Waals surface area contributed by atoms with E-state index in [4.69, 9.17) is 9.47 Å². The number of aryl methyl sites for hydroxylation is 1. The Kier molecular flexibility index (Phi) is 5.23. The van der Waals surface area contributed by atoms with E-state index in [9.17, 15) is 0 Å². The monoisotopic (exact) mass is 263 g/mol. The van der Waals surface area contributed by atoms with E-state index in [1.165, 1.54) is 18.4 Å². The lowest BCUT2D eigenvalue weighted by Crippen LogP contribution is -2.40. The number of ether oxygens (including phenoxy) is 2. The molecule has 2 unspecified atom stereocenters. The van der Waals surface area contributed by atoms with Crippen LogP contribution in [0.15, 0.2) is 24.3 Å². The Morgan fingerprint density at radius 1 is 1.21 bits per heavy atom. The van der Waals surface area contributed by atoms with Crippen LogP contribution in [0.5, 0.6) is 5.75 Å². The number of hydrogen-bond donors (Lipinski definition) is 1. The van der Waals surface area contributed by atoms with E-state index in [-0.39, 0.29) is 0 Å². The van der Waals surface area contributed by atoms with Crippen molar-refractivity contribution in [1.29, 1.82) is 0 Å². The molecule has 106 valence electrons. The van der Waals surface area contributed by atoms with E-state index in [1.807, 2.05) is 26.3 Å². The smallest absolute Gasteiger partial charge is 0.118 e. The van der Waals surface area contributed by atoms with Crippen LogP contribution in [0, 0.1) is 5.92 Å². The second-order valence-electron chi connectivity index (χ2n) is 5.32. The van der Waals surface area contributed by atoms with E-state index in [1.54, 1.807) is 7.11 Å². The Balaban J connectivity index is 1.87. The van der Waals surface area contributed by atoms with Crippen molar-refractivity contribution in [3.63, 3.8) is 0 Å². The quantitative estimate of drug-likeness (QED) is 0.782. The highest BCUT2D eigenvalue weighted by atomic mass is 16.5. The minimum atomic E-state index is 0.364. The maximum Gasteiger partial charge on any atom is 0.118 e. The van der Waals surface area contributed by atoms with Gasteiger partial charge in [-0.15, -0.1) is 0 Å². The fourth-order valence-electron chi connectivity index (χ4n) is 2.70. The highest BCUT2D eigenvalue weighted by Crippen LogP contribution is 2.36. The van der Waals surface area contributed by atoms with Crippen LogP contribution in [-0.2, 0) is 11.2 Å². The zero-order valence-electron chi connectivity index (χ0n) is 12.2. The van der Waals surface area contributed by atoms with E-state index >= 15 is 0 Å². The minimum absolute atomic E-state index is 0.364. The van der Waals surface area contributed by atoms with Crippen LogP contribution in [0.3, 0.4) is 0 Å². The van der Waals surface area contributed by atoms with E-state index in [0.29, 0.717) is 12.1 Å². The summed E-state index contributed by atoms with van der Waals surface area (Å²) in [6, 6.07) is 8.78. The molecule has 1 aromatic rings. The normalized spacial score (nSPS) is 18.1. The lowest BCUT2D eigenvalue weighted by Gasteiger charge is -2.25. The predicted molar refractivity (Wildman–Crippen MR) is 77.7 cm³/mol. The Morgan fingerprint density at radius 3 is 2.37 bits per heavy atom. The third-order valence-corrected chi connectivity index (χ3v) is 4.03. The highest BCUT2D eigenvalue weighted by molar-refractivity contribution is 5.27. The molecule has 0 amide bonds. The summed E-state index contributed by atoms with van der Waals surface area (Å²) in [7, 11) is 5.57. The van der Waals surface area contributed by atoms with Gasteiger partial charge in [-0.2, -0.15) is 0 Å². The molecule has 3 nitrogen and oxygen atoms in total. The number of nitrogens with one attached hydrogen (secondary N) is 1. The molecule has 0 bridgehead atoms. The SMILES string of the molecule is CNC(CCc1ccc(OC)cc1)C(OC)C1CC1. The van der Waals surface area contributed by atoms with Crippen molar-refractivity contribution in [2.45, 2.75) is 37.8 Å². The molecule has 0 radical (unpaired) electrons. The maximum absolute atomic E-state index is 5.67. The number of benzene rings is 1. The third-order valence-electron chi connectivity index (χ3n) is 4.03. The van der Waals surface area contributed by atoms with E-state index < -0.39 is 0 Å². The van der Waals surface area contributed by atoms with Gasteiger partial charge in [0.1, 0.15) is 5.75 Å². The van der Waals surface area contributed by atoms with Gasteiger partial charge in [0.05, 0.1) is 13.2 Å². The fourth-order valence-corrected chi connectivity index (χ4v) is 2.70. The first-order chi connectivity index (χ1) is 9.28. The summed E-state index contributed by atoms with van der Waals surface area (Å²) in [5, 5.41) is 3.42. The average molecular weight is 263 g/mol. The maximum atomic E-state index is 5.67. The molecule has 1 N–H and O–H groups in total. The summed E-state index contributed by atoms with van der Waals surface area (Å²) >= 11 is 0. The molecule has 1 fully saturated rings. The zero-order chi connectivity index (χ0) is 13.7. The molecule has 2 rings (SSSR count). The summed E-state index contributed by atoms with van der Waals surface area (Å²) in [6.07, 6.45) is 5.18. The molecule has 0 heterocycles. The van der Waals surface area contributed by atoms with Crippen molar-refractivity contribution in [2.75, 3.05) is 21.3 Å². The van der Waals surface area contributed by atoms with Crippen LogP contribution >= 0.6 is 0 Å². The first-order valence-electron chi connectivity index (χ1n) is 7.11. The molecule has 0 spiro atoms. The van der Waals surface area contributed by atoms with Gasteiger partial charge < -0.3 is 14.8 Å². The number of rotatable bonds is 8. The molecule has 19 heavy (non-hydrogen) atoms. The average Bonchev–Trinajstić information content (AvgIpc) is 3.28. The zero-order valence-corrected chi connectivity index (χ0v) is 12.2. The van der Waals surface area contributed by atoms with Crippen molar-refractivity contribution >= 4 is 0 Å². The molecule has 0 aromatic heterocycles. The van der Waals surface area contributed by atoms with Crippen LogP contribution in [0.2, 0.25) is 0 Å². The summed E-state index contributed by atoms with van der Waals surface area (Å²) in [6.45, 7) is 0. The Bertz CT molecular complexity index is 373. The van der Waals surface area contributed by atoms with Crippen molar-refractivity contribution in [2.24, 2.45) is 5.92 Å². The van der Waals surface area contributed by atoms with Crippen LogP contribution in [0.4, 0.5) is 0 Å². The Hall–Kier alpha value is -1.06. The van der Waals surface area contributed by atoms with Gasteiger partial charge >= 0.3 is 0 Å². The van der Waals surface area contributed by atoms with Crippen molar-refractivity contribution in [1.82, 2.24) is 5.32 Å². The first-order valence-corrected chi connectivity index (χ1v) is 7.11. The second kappa shape index (κ2) is 6.92. The van der Waals surface area contributed by atoms with Crippen LogP contribution in [-0.4, -0.2) is 33.4 Å².